The minimum Gasteiger partial charge on any atom is -0.474 e. The molecule has 0 aliphatic carbocycles. The van der Waals surface area contributed by atoms with Gasteiger partial charge in [0.1, 0.15) is 12.4 Å². The van der Waals surface area contributed by atoms with Crippen LogP contribution < -0.4 is 9.62 Å². The van der Waals surface area contributed by atoms with Crippen LogP contribution in [0.15, 0.2) is 36.4 Å². The lowest BCUT2D eigenvalue weighted by molar-refractivity contribution is -0.194. The number of esters is 2. The van der Waals surface area contributed by atoms with Crippen LogP contribution in [0.25, 0.3) is 0 Å². The standard InChI is InChI=1S/C22H24O7/c1-4-6-14-11-16(21(23)25-3)9-10-18(14)28-20(22(24)26-5-2)15-7-8-17-13-27-29-19(17)12-15/h7-12,20H,4-6,13H2,1-3H3. The molecule has 0 bridgehead atoms. The lowest BCUT2D eigenvalue weighted by Crippen LogP contribution is -2.22. The highest BCUT2D eigenvalue weighted by molar-refractivity contribution is 5.89. The molecule has 2 aromatic carbocycles. The number of ether oxygens (including phenoxy) is 3. The number of methoxy groups -OCH3 is 1. The van der Waals surface area contributed by atoms with Gasteiger partial charge in [-0.25, -0.2) is 9.59 Å². The van der Waals surface area contributed by atoms with E-state index in [1.165, 1.54) is 7.11 Å². The van der Waals surface area contributed by atoms with Crippen LogP contribution in [0.3, 0.4) is 0 Å². The first-order valence-electron chi connectivity index (χ1n) is 9.54. The summed E-state index contributed by atoms with van der Waals surface area (Å²) in [6.45, 7) is 4.35. The van der Waals surface area contributed by atoms with Gasteiger partial charge in [-0.1, -0.05) is 25.5 Å². The Labute approximate surface area is 169 Å². The zero-order valence-corrected chi connectivity index (χ0v) is 16.7. The smallest absolute Gasteiger partial charge is 0.352 e. The van der Waals surface area contributed by atoms with Gasteiger partial charge < -0.3 is 19.1 Å². The normalized spacial score (nSPS) is 13.2. The molecule has 7 nitrogen and oxygen atoms in total. The van der Waals surface area contributed by atoms with E-state index in [-0.39, 0.29) is 6.61 Å². The third kappa shape index (κ3) is 4.68. The molecule has 1 atom stereocenters. The molecule has 1 aliphatic heterocycles. The van der Waals surface area contributed by atoms with E-state index in [0.717, 1.165) is 17.5 Å². The molecule has 1 aliphatic rings. The van der Waals surface area contributed by atoms with Gasteiger partial charge in [0.25, 0.3) is 0 Å². The predicted molar refractivity (Wildman–Crippen MR) is 104 cm³/mol. The lowest BCUT2D eigenvalue weighted by atomic mass is 10.0. The maximum Gasteiger partial charge on any atom is 0.352 e. The quantitative estimate of drug-likeness (QED) is 0.490. The zero-order valence-electron chi connectivity index (χ0n) is 16.7. The topological polar surface area (TPSA) is 80.3 Å². The molecular formula is C22H24O7. The monoisotopic (exact) mass is 400 g/mol. The Hall–Kier alpha value is -3.06. The highest BCUT2D eigenvalue weighted by Gasteiger charge is 2.28. The zero-order chi connectivity index (χ0) is 20.8. The molecule has 0 aromatic heterocycles. The van der Waals surface area contributed by atoms with Gasteiger partial charge in [0, 0.05) is 11.1 Å². The van der Waals surface area contributed by atoms with Crippen molar-refractivity contribution < 1.29 is 33.6 Å². The summed E-state index contributed by atoms with van der Waals surface area (Å²) in [5.74, 6) is 0.128. The van der Waals surface area contributed by atoms with Crippen molar-refractivity contribution in [1.82, 2.24) is 0 Å². The Morgan fingerprint density at radius 1 is 1.14 bits per heavy atom. The van der Waals surface area contributed by atoms with Crippen LogP contribution in [0.1, 0.15) is 53.4 Å². The summed E-state index contributed by atoms with van der Waals surface area (Å²) in [5.41, 5.74) is 2.72. The van der Waals surface area contributed by atoms with E-state index in [2.05, 4.69) is 0 Å². The van der Waals surface area contributed by atoms with Crippen LogP contribution in [-0.4, -0.2) is 25.7 Å². The number of carbonyl (C=O) groups excluding carboxylic acids is 2. The van der Waals surface area contributed by atoms with Crippen molar-refractivity contribution in [2.45, 2.75) is 39.4 Å². The van der Waals surface area contributed by atoms with E-state index >= 15 is 0 Å². The van der Waals surface area contributed by atoms with Crippen molar-refractivity contribution in [2.75, 3.05) is 13.7 Å². The first-order chi connectivity index (χ1) is 14.1. The summed E-state index contributed by atoms with van der Waals surface area (Å²) in [5, 5.41) is 0. The molecule has 7 heteroatoms. The molecule has 0 radical (unpaired) electrons. The van der Waals surface area contributed by atoms with Gasteiger partial charge in [0.15, 0.2) is 5.75 Å². The Morgan fingerprint density at radius 3 is 2.69 bits per heavy atom. The second-order valence-corrected chi connectivity index (χ2v) is 6.53. The second-order valence-electron chi connectivity index (χ2n) is 6.53. The molecule has 2 aromatic rings. The number of aryl methyl sites for hydroxylation is 1. The average Bonchev–Trinajstić information content (AvgIpc) is 3.20. The Kier molecular flexibility index (Phi) is 6.72. The first kappa shape index (κ1) is 20.7. The van der Waals surface area contributed by atoms with E-state index in [4.69, 9.17) is 24.0 Å². The van der Waals surface area contributed by atoms with Gasteiger partial charge >= 0.3 is 11.9 Å². The van der Waals surface area contributed by atoms with Crippen molar-refractivity contribution >= 4 is 11.9 Å². The van der Waals surface area contributed by atoms with E-state index in [1.54, 1.807) is 37.3 Å². The summed E-state index contributed by atoms with van der Waals surface area (Å²) >= 11 is 0. The summed E-state index contributed by atoms with van der Waals surface area (Å²) in [6, 6.07) is 10.4. The van der Waals surface area contributed by atoms with E-state index in [0.29, 0.717) is 35.7 Å². The van der Waals surface area contributed by atoms with Crippen LogP contribution in [0.2, 0.25) is 0 Å². The number of hydrogen-bond donors (Lipinski definition) is 0. The summed E-state index contributed by atoms with van der Waals surface area (Å²) in [4.78, 5) is 34.6. The SMILES string of the molecule is CCCc1cc(C(=O)OC)ccc1OC(C(=O)OCC)c1ccc2c(c1)OOC2. The molecule has 0 saturated heterocycles. The molecule has 0 N–H and O–H groups in total. The molecule has 0 spiro atoms. The largest absolute Gasteiger partial charge is 0.474 e. The van der Waals surface area contributed by atoms with Gasteiger partial charge in [0.2, 0.25) is 6.10 Å². The molecule has 0 fully saturated rings. The summed E-state index contributed by atoms with van der Waals surface area (Å²) in [7, 11) is 1.34. The van der Waals surface area contributed by atoms with Crippen molar-refractivity contribution in [1.29, 1.82) is 0 Å². The summed E-state index contributed by atoms with van der Waals surface area (Å²) < 4.78 is 16.1. The molecule has 0 amide bonds. The Bertz CT molecular complexity index is 891. The van der Waals surface area contributed by atoms with Gasteiger partial charge in [-0.2, -0.15) is 4.89 Å². The molecule has 3 rings (SSSR count). The summed E-state index contributed by atoms with van der Waals surface area (Å²) in [6.07, 6.45) is 0.537. The van der Waals surface area contributed by atoms with Crippen LogP contribution >= 0.6 is 0 Å². The maximum absolute atomic E-state index is 12.6. The van der Waals surface area contributed by atoms with Gasteiger partial charge in [-0.3, -0.25) is 0 Å². The predicted octanol–water partition coefficient (Wildman–Crippen LogP) is 3.93. The Morgan fingerprint density at radius 2 is 1.97 bits per heavy atom. The Balaban J connectivity index is 1.95. The van der Waals surface area contributed by atoms with Gasteiger partial charge in [-0.15, -0.1) is 0 Å². The highest BCUT2D eigenvalue weighted by atomic mass is 17.2. The van der Waals surface area contributed by atoms with E-state index in [1.807, 2.05) is 13.0 Å². The van der Waals surface area contributed by atoms with Crippen molar-refractivity contribution in [3.05, 3.63) is 58.7 Å². The van der Waals surface area contributed by atoms with Crippen LogP contribution in [0.4, 0.5) is 0 Å². The van der Waals surface area contributed by atoms with Crippen molar-refractivity contribution in [3.63, 3.8) is 0 Å². The number of rotatable bonds is 8. The molecule has 154 valence electrons. The first-order valence-corrected chi connectivity index (χ1v) is 9.54. The van der Waals surface area contributed by atoms with Gasteiger partial charge in [-0.05, 0) is 43.2 Å². The number of hydrogen-bond acceptors (Lipinski definition) is 7. The molecule has 29 heavy (non-hydrogen) atoms. The van der Waals surface area contributed by atoms with Crippen LogP contribution in [0, 0.1) is 0 Å². The molecular weight excluding hydrogens is 376 g/mol. The van der Waals surface area contributed by atoms with Crippen molar-refractivity contribution in [2.24, 2.45) is 0 Å². The third-order valence-electron chi connectivity index (χ3n) is 4.50. The lowest BCUT2D eigenvalue weighted by Gasteiger charge is -2.20. The van der Waals surface area contributed by atoms with Crippen molar-refractivity contribution in [3.8, 4) is 11.5 Å². The fourth-order valence-electron chi connectivity index (χ4n) is 3.09. The second kappa shape index (κ2) is 9.43. The average molecular weight is 400 g/mol. The molecule has 1 heterocycles. The van der Waals surface area contributed by atoms with E-state index in [9.17, 15) is 9.59 Å². The number of fused-ring (bicyclic) bond motifs is 1. The third-order valence-corrected chi connectivity index (χ3v) is 4.50. The maximum atomic E-state index is 12.6. The number of benzene rings is 2. The minimum atomic E-state index is -0.982. The van der Waals surface area contributed by atoms with E-state index < -0.39 is 18.0 Å². The van der Waals surface area contributed by atoms with Gasteiger partial charge in [0.05, 0.1) is 19.3 Å². The fraction of sp³-hybridized carbons (Fsp3) is 0.364. The minimum absolute atomic E-state index is 0.229. The number of carbonyl (C=O) groups is 2. The van der Waals surface area contributed by atoms with Crippen LogP contribution in [0.5, 0.6) is 11.5 Å². The fourth-order valence-corrected chi connectivity index (χ4v) is 3.09. The molecule has 0 saturated carbocycles. The highest BCUT2D eigenvalue weighted by Crippen LogP contribution is 2.33. The molecule has 1 unspecified atom stereocenters. The van der Waals surface area contributed by atoms with Crippen LogP contribution in [-0.2, 0) is 32.2 Å².